The molecule has 0 spiro atoms. The highest BCUT2D eigenvalue weighted by Gasteiger charge is 2.04. The molecule has 0 amide bonds. The van der Waals surface area contributed by atoms with Gasteiger partial charge >= 0.3 is 0 Å². The molecule has 0 aromatic rings. The summed E-state index contributed by atoms with van der Waals surface area (Å²) in [6, 6.07) is 0. The highest BCUT2D eigenvalue weighted by atomic mass is 14.1. The van der Waals surface area contributed by atoms with Crippen LogP contribution in [0.4, 0.5) is 0 Å². The normalized spacial score (nSPS) is 12.8. The summed E-state index contributed by atoms with van der Waals surface area (Å²) >= 11 is 0. The molecule has 0 heterocycles. The molecule has 0 aliphatic heterocycles. The van der Waals surface area contributed by atoms with Gasteiger partial charge in [-0.1, -0.05) is 124 Å². The molecule has 0 bridgehead atoms. The van der Waals surface area contributed by atoms with Gasteiger partial charge in [0.05, 0.1) is 0 Å². The fourth-order valence-electron chi connectivity index (χ4n) is 3.23. The summed E-state index contributed by atoms with van der Waals surface area (Å²) in [5.74, 6) is 1.02. The molecule has 0 N–H and O–H groups in total. The molecular formula is C20H42. The van der Waals surface area contributed by atoms with E-state index in [2.05, 4.69) is 20.8 Å². The summed E-state index contributed by atoms with van der Waals surface area (Å²) in [7, 11) is 0. The van der Waals surface area contributed by atoms with Crippen LogP contribution in [-0.2, 0) is 0 Å². The van der Waals surface area contributed by atoms with Crippen molar-refractivity contribution in [1.29, 1.82) is 0 Å². The maximum absolute atomic E-state index is 2.36. The fraction of sp³-hybridized carbons (Fsp3) is 1.00. The van der Waals surface area contributed by atoms with E-state index < -0.39 is 0 Å². The lowest BCUT2D eigenvalue weighted by Crippen LogP contribution is -1.97. The molecule has 20 heavy (non-hydrogen) atoms. The first-order valence-electron chi connectivity index (χ1n) is 9.85. The van der Waals surface area contributed by atoms with Gasteiger partial charge < -0.3 is 0 Å². The van der Waals surface area contributed by atoms with Gasteiger partial charge in [0.25, 0.3) is 0 Å². The molecular weight excluding hydrogens is 240 g/mol. The molecule has 0 rings (SSSR count). The SMILES string of the molecule is CCCCCCCCCCCCCCC(CC)CCC. The van der Waals surface area contributed by atoms with Crippen LogP contribution in [0.1, 0.15) is 124 Å². The highest BCUT2D eigenvalue weighted by Crippen LogP contribution is 2.19. The Morgan fingerprint density at radius 3 is 1.30 bits per heavy atom. The van der Waals surface area contributed by atoms with Crippen LogP contribution in [0.2, 0.25) is 0 Å². The maximum atomic E-state index is 2.36. The Kier molecular flexibility index (Phi) is 17.1. The second-order valence-corrected chi connectivity index (χ2v) is 6.74. The van der Waals surface area contributed by atoms with Crippen molar-refractivity contribution in [1.82, 2.24) is 0 Å². The molecule has 1 atom stereocenters. The van der Waals surface area contributed by atoms with Crippen molar-refractivity contribution in [3.63, 3.8) is 0 Å². The molecule has 0 radical (unpaired) electrons. The first-order chi connectivity index (χ1) is 9.85. The van der Waals surface area contributed by atoms with Crippen LogP contribution < -0.4 is 0 Å². The molecule has 0 fully saturated rings. The van der Waals surface area contributed by atoms with E-state index in [4.69, 9.17) is 0 Å². The molecule has 0 saturated heterocycles. The molecule has 0 aliphatic rings. The van der Waals surface area contributed by atoms with Gasteiger partial charge in [-0.15, -0.1) is 0 Å². The third-order valence-corrected chi connectivity index (χ3v) is 4.74. The van der Waals surface area contributed by atoms with Crippen molar-refractivity contribution in [2.75, 3.05) is 0 Å². The molecule has 0 aliphatic carbocycles. The zero-order chi connectivity index (χ0) is 14.9. The third-order valence-electron chi connectivity index (χ3n) is 4.74. The zero-order valence-electron chi connectivity index (χ0n) is 14.9. The quantitative estimate of drug-likeness (QED) is 0.252. The molecule has 0 aromatic heterocycles. The summed E-state index contributed by atoms with van der Waals surface area (Å²) in [6.07, 6.45) is 23.3. The van der Waals surface area contributed by atoms with Crippen LogP contribution in [-0.4, -0.2) is 0 Å². The number of hydrogen-bond acceptors (Lipinski definition) is 0. The molecule has 0 aromatic carbocycles. The lowest BCUT2D eigenvalue weighted by Gasteiger charge is -2.13. The van der Waals surface area contributed by atoms with Crippen LogP contribution >= 0.6 is 0 Å². The molecule has 0 heteroatoms. The van der Waals surface area contributed by atoms with Crippen molar-refractivity contribution < 1.29 is 0 Å². The Morgan fingerprint density at radius 2 is 0.900 bits per heavy atom. The molecule has 122 valence electrons. The topological polar surface area (TPSA) is 0 Å². The standard InChI is InChI=1S/C20H42/c1-4-7-8-9-10-11-12-13-14-15-16-17-19-20(6-3)18-5-2/h20H,4-19H2,1-3H3. The van der Waals surface area contributed by atoms with Gasteiger partial charge in [0.15, 0.2) is 0 Å². The number of rotatable bonds is 16. The molecule has 0 nitrogen and oxygen atoms in total. The minimum atomic E-state index is 1.02. The predicted molar refractivity (Wildman–Crippen MR) is 94.4 cm³/mol. The van der Waals surface area contributed by atoms with E-state index in [1.807, 2.05) is 0 Å². The Balaban J connectivity index is 3.09. The van der Waals surface area contributed by atoms with E-state index in [1.54, 1.807) is 0 Å². The first-order valence-corrected chi connectivity index (χ1v) is 9.85. The van der Waals surface area contributed by atoms with Gasteiger partial charge in [-0.25, -0.2) is 0 Å². The fourth-order valence-corrected chi connectivity index (χ4v) is 3.23. The summed E-state index contributed by atoms with van der Waals surface area (Å²) in [5, 5.41) is 0. The summed E-state index contributed by atoms with van der Waals surface area (Å²) in [4.78, 5) is 0. The lowest BCUT2D eigenvalue weighted by atomic mass is 9.94. The van der Waals surface area contributed by atoms with Crippen molar-refractivity contribution in [2.24, 2.45) is 5.92 Å². The largest absolute Gasteiger partial charge is 0.0654 e. The van der Waals surface area contributed by atoms with Gasteiger partial charge in [0.2, 0.25) is 0 Å². The summed E-state index contributed by atoms with van der Waals surface area (Å²) in [5.41, 5.74) is 0. The van der Waals surface area contributed by atoms with Gasteiger partial charge in [-0.2, -0.15) is 0 Å². The lowest BCUT2D eigenvalue weighted by molar-refractivity contribution is 0.407. The summed E-state index contributed by atoms with van der Waals surface area (Å²) in [6.45, 7) is 6.98. The van der Waals surface area contributed by atoms with Crippen molar-refractivity contribution in [3.05, 3.63) is 0 Å². The van der Waals surface area contributed by atoms with E-state index in [1.165, 1.54) is 103 Å². The first kappa shape index (κ1) is 20.0. The predicted octanol–water partition coefficient (Wildman–Crippen LogP) is 7.90. The van der Waals surface area contributed by atoms with Crippen LogP contribution in [0.15, 0.2) is 0 Å². The van der Waals surface area contributed by atoms with Crippen LogP contribution in [0, 0.1) is 5.92 Å². The monoisotopic (exact) mass is 282 g/mol. The Hall–Kier alpha value is 0. The highest BCUT2D eigenvalue weighted by molar-refractivity contribution is 4.57. The molecule has 0 saturated carbocycles. The van der Waals surface area contributed by atoms with E-state index in [9.17, 15) is 0 Å². The molecule has 1 unspecified atom stereocenters. The maximum Gasteiger partial charge on any atom is -0.0417 e. The minimum Gasteiger partial charge on any atom is -0.0654 e. The average molecular weight is 283 g/mol. The summed E-state index contributed by atoms with van der Waals surface area (Å²) < 4.78 is 0. The van der Waals surface area contributed by atoms with Gasteiger partial charge in [-0.05, 0) is 5.92 Å². The van der Waals surface area contributed by atoms with Crippen LogP contribution in [0.25, 0.3) is 0 Å². The second-order valence-electron chi connectivity index (χ2n) is 6.74. The second kappa shape index (κ2) is 17.1. The Morgan fingerprint density at radius 1 is 0.450 bits per heavy atom. The van der Waals surface area contributed by atoms with E-state index in [-0.39, 0.29) is 0 Å². The van der Waals surface area contributed by atoms with Crippen LogP contribution in [0.5, 0.6) is 0 Å². The van der Waals surface area contributed by atoms with E-state index in [0.717, 1.165) is 5.92 Å². The smallest absolute Gasteiger partial charge is 0.0417 e. The van der Waals surface area contributed by atoms with Crippen molar-refractivity contribution in [2.45, 2.75) is 124 Å². The third kappa shape index (κ3) is 14.4. The minimum absolute atomic E-state index is 1.02. The average Bonchev–Trinajstić information content (AvgIpc) is 2.47. The van der Waals surface area contributed by atoms with Crippen molar-refractivity contribution in [3.8, 4) is 0 Å². The zero-order valence-corrected chi connectivity index (χ0v) is 14.9. The van der Waals surface area contributed by atoms with Gasteiger partial charge in [-0.3, -0.25) is 0 Å². The number of unbranched alkanes of at least 4 members (excludes halogenated alkanes) is 11. The Bertz CT molecular complexity index is 161. The van der Waals surface area contributed by atoms with E-state index in [0.29, 0.717) is 0 Å². The van der Waals surface area contributed by atoms with Gasteiger partial charge in [0.1, 0.15) is 0 Å². The number of hydrogen-bond donors (Lipinski definition) is 0. The van der Waals surface area contributed by atoms with Gasteiger partial charge in [0, 0.05) is 0 Å². The van der Waals surface area contributed by atoms with E-state index >= 15 is 0 Å². The van der Waals surface area contributed by atoms with Crippen LogP contribution in [0.3, 0.4) is 0 Å². The Labute approximate surface area is 130 Å². The van der Waals surface area contributed by atoms with Crippen molar-refractivity contribution >= 4 is 0 Å².